The lowest BCUT2D eigenvalue weighted by Crippen LogP contribution is -2.36. The minimum absolute atomic E-state index is 0.122. The van der Waals surface area contributed by atoms with Gasteiger partial charge >= 0.3 is 5.38 Å². The Morgan fingerprint density at radius 3 is 1.88 bits per heavy atom. The Labute approximate surface area is 191 Å². The van der Waals surface area contributed by atoms with Gasteiger partial charge < -0.3 is 0 Å². The van der Waals surface area contributed by atoms with Crippen molar-refractivity contribution in [2.45, 2.75) is 18.7 Å². The SMILES string of the molecule is CC(=c1c2c(ccc1=C(c1ccccc1)c1ccccc1)-c1ccccc1C2)C(F)(F)Cl. The van der Waals surface area contributed by atoms with E-state index in [-0.39, 0.29) is 5.57 Å². The quantitative estimate of drug-likeness (QED) is 0.279. The maximum Gasteiger partial charge on any atom is 0.344 e. The molecule has 32 heavy (non-hydrogen) atoms. The first-order valence-electron chi connectivity index (χ1n) is 10.6. The summed E-state index contributed by atoms with van der Waals surface area (Å²) in [6.45, 7) is 1.45. The van der Waals surface area contributed by atoms with Gasteiger partial charge in [-0.3, -0.25) is 0 Å². The maximum atomic E-state index is 14.6. The third-order valence-electron chi connectivity index (χ3n) is 6.18. The molecular formula is C29H21ClF2. The van der Waals surface area contributed by atoms with Gasteiger partial charge in [0.05, 0.1) is 0 Å². The van der Waals surface area contributed by atoms with Crippen molar-refractivity contribution in [2.24, 2.45) is 0 Å². The van der Waals surface area contributed by atoms with Crippen LogP contribution in [0.25, 0.3) is 22.3 Å². The molecule has 0 spiro atoms. The summed E-state index contributed by atoms with van der Waals surface area (Å²) in [5.41, 5.74) is 6.89. The van der Waals surface area contributed by atoms with Gasteiger partial charge in [0.15, 0.2) is 0 Å². The molecule has 0 fully saturated rings. The van der Waals surface area contributed by atoms with Crippen LogP contribution in [0.1, 0.15) is 29.2 Å². The predicted octanol–water partition coefficient (Wildman–Crippen LogP) is 6.51. The third-order valence-corrected chi connectivity index (χ3v) is 6.47. The Bertz CT molecular complexity index is 1370. The first kappa shape index (κ1) is 20.7. The maximum absolute atomic E-state index is 14.6. The van der Waals surface area contributed by atoms with Crippen molar-refractivity contribution >= 4 is 22.7 Å². The van der Waals surface area contributed by atoms with Crippen LogP contribution >= 0.6 is 11.6 Å². The molecule has 0 N–H and O–H groups in total. The van der Waals surface area contributed by atoms with Crippen LogP contribution in [0.4, 0.5) is 8.78 Å². The number of hydrogen-bond acceptors (Lipinski definition) is 0. The molecule has 0 saturated carbocycles. The first-order valence-corrected chi connectivity index (χ1v) is 11.0. The van der Waals surface area contributed by atoms with E-state index in [1.54, 1.807) is 0 Å². The highest BCUT2D eigenvalue weighted by Gasteiger charge is 2.31. The Morgan fingerprint density at radius 2 is 1.28 bits per heavy atom. The molecule has 1 aliphatic carbocycles. The van der Waals surface area contributed by atoms with Gasteiger partial charge in [0.1, 0.15) is 0 Å². The molecule has 0 saturated heterocycles. The number of alkyl halides is 3. The van der Waals surface area contributed by atoms with Crippen molar-refractivity contribution in [3.05, 3.63) is 130 Å². The number of benzene rings is 4. The molecule has 0 amide bonds. The molecule has 0 bridgehead atoms. The molecule has 0 aromatic heterocycles. The molecule has 0 unspecified atom stereocenters. The molecule has 0 aliphatic heterocycles. The number of halogens is 3. The molecule has 5 rings (SSSR count). The molecule has 0 atom stereocenters. The van der Waals surface area contributed by atoms with Gasteiger partial charge in [0.25, 0.3) is 0 Å². The van der Waals surface area contributed by atoms with Crippen LogP contribution < -0.4 is 10.4 Å². The van der Waals surface area contributed by atoms with E-state index in [1.165, 1.54) is 6.92 Å². The second-order valence-corrected chi connectivity index (χ2v) is 8.55. The molecule has 1 aliphatic rings. The minimum Gasteiger partial charge on any atom is -0.184 e. The molecule has 0 nitrogen and oxygen atoms in total. The van der Waals surface area contributed by atoms with Crippen molar-refractivity contribution in [1.82, 2.24) is 0 Å². The summed E-state index contributed by atoms with van der Waals surface area (Å²) in [6, 6.07) is 32.0. The van der Waals surface area contributed by atoms with Crippen LogP contribution in [-0.4, -0.2) is 5.38 Å². The zero-order valence-electron chi connectivity index (χ0n) is 17.6. The monoisotopic (exact) mass is 442 g/mol. The van der Waals surface area contributed by atoms with E-state index in [0.29, 0.717) is 11.6 Å². The van der Waals surface area contributed by atoms with Gasteiger partial charge in [-0.2, -0.15) is 8.78 Å². The fraction of sp³-hybridized carbons (Fsp3) is 0.103. The van der Waals surface area contributed by atoms with E-state index in [1.807, 2.05) is 78.9 Å². The van der Waals surface area contributed by atoms with Crippen molar-refractivity contribution in [1.29, 1.82) is 0 Å². The number of hydrogen-bond donors (Lipinski definition) is 0. The van der Waals surface area contributed by atoms with Gasteiger partial charge in [-0.15, -0.1) is 0 Å². The normalized spacial score (nSPS) is 13.4. The van der Waals surface area contributed by atoms with E-state index in [0.717, 1.165) is 44.2 Å². The highest BCUT2D eigenvalue weighted by molar-refractivity contribution is 6.26. The lowest BCUT2D eigenvalue weighted by molar-refractivity contribution is 0.161. The predicted molar refractivity (Wildman–Crippen MR) is 128 cm³/mol. The van der Waals surface area contributed by atoms with E-state index < -0.39 is 5.38 Å². The molecule has 0 radical (unpaired) electrons. The minimum atomic E-state index is -3.45. The number of rotatable bonds is 3. The average molecular weight is 443 g/mol. The highest BCUT2D eigenvalue weighted by atomic mass is 35.5. The van der Waals surface area contributed by atoms with Crippen molar-refractivity contribution in [2.75, 3.05) is 0 Å². The fourth-order valence-corrected chi connectivity index (χ4v) is 4.77. The van der Waals surface area contributed by atoms with Crippen molar-refractivity contribution in [3.8, 4) is 11.1 Å². The van der Waals surface area contributed by atoms with E-state index in [9.17, 15) is 8.78 Å². The lowest BCUT2D eigenvalue weighted by atomic mass is 9.91. The van der Waals surface area contributed by atoms with Crippen molar-refractivity contribution in [3.63, 3.8) is 0 Å². The van der Waals surface area contributed by atoms with Crippen LogP contribution in [0.2, 0.25) is 0 Å². The highest BCUT2D eigenvalue weighted by Crippen LogP contribution is 2.36. The van der Waals surface area contributed by atoms with Gasteiger partial charge in [-0.1, -0.05) is 97.1 Å². The standard InChI is InChI=1S/C29H21ClF2/c1-19(29(30,31)32)27-25(17-16-24-23-15-9-8-14-22(23)18-26(24)27)28(20-10-4-2-5-11-20)21-12-6-3-7-13-21/h2-17H,18H2,1H3. The summed E-state index contributed by atoms with van der Waals surface area (Å²) in [5, 5.41) is -2.13. The Hall–Kier alpha value is -3.23. The van der Waals surface area contributed by atoms with Crippen LogP contribution in [0.5, 0.6) is 0 Å². The molecule has 3 heteroatoms. The summed E-state index contributed by atoms with van der Waals surface area (Å²) >= 11 is 5.62. The Morgan fingerprint density at radius 1 is 0.719 bits per heavy atom. The summed E-state index contributed by atoms with van der Waals surface area (Å²) in [7, 11) is 0. The summed E-state index contributed by atoms with van der Waals surface area (Å²) in [6.07, 6.45) is 0.607. The zero-order valence-corrected chi connectivity index (χ0v) is 18.3. The Balaban J connectivity index is 1.99. The molecule has 4 aromatic rings. The number of fused-ring (bicyclic) bond motifs is 3. The summed E-state index contributed by atoms with van der Waals surface area (Å²) in [4.78, 5) is 0. The van der Waals surface area contributed by atoms with Crippen LogP contribution in [0.15, 0.2) is 97.1 Å². The van der Waals surface area contributed by atoms with Gasteiger partial charge in [-0.25, -0.2) is 0 Å². The molecular weight excluding hydrogens is 422 g/mol. The van der Waals surface area contributed by atoms with Gasteiger partial charge in [0, 0.05) is 5.57 Å². The topological polar surface area (TPSA) is 0 Å². The van der Waals surface area contributed by atoms with Gasteiger partial charge in [-0.05, 0) is 74.3 Å². The first-order chi connectivity index (χ1) is 15.4. The lowest BCUT2D eigenvalue weighted by Gasteiger charge is -2.15. The van der Waals surface area contributed by atoms with Gasteiger partial charge in [0.2, 0.25) is 0 Å². The molecule has 158 valence electrons. The zero-order chi connectivity index (χ0) is 22.3. The van der Waals surface area contributed by atoms with Crippen LogP contribution in [0.3, 0.4) is 0 Å². The smallest absolute Gasteiger partial charge is 0.184 e. The molecule has 4 aromatic carbocycles. The molecule has 0 heterocycles. The van der Waals surface area contributed by atoms with E-state index in [2.05, 4.69) is 18.2 Å². The van der Waals surface area contributed by atoms with E-state index >= 15 is 0 Å². The van der Waals surface area contributed by atoms with Crippen LogP contribution in [-0.2, 0) is 6.42 Å². The van der Waals surface area contributed by atoms with E-state index in [4.69, 9.17) is 11.6 Å². The Kier molecular flexibility index (Phi) is 5.19. The largest absolute Gasteiger partial charge is 0.344 e. The summed E-state index contributed by atoms with van der Waals surface area (Å²) in [5.74, 6) is 0. The van der Waals surface area contributed by atoms with Crippen LogP contribution in [0, 0.1) is 0 Å². The third kappa shape index (κ3) is 3.55. The fourth-order valence-electron chi connectivity index (χ4n) is 4.68. The second-order valence-electron chi connectivity index (χ2n) is 8.08. The average Bonchev–Trinajstić information content (AvgIpc) is 3.18. The van der Waals surface area contributed by atoms with Crippen molar-refractivity contribution < 1.29 is 8.78 Å². The summed E-state index contributed by atoms with van der Waals surface area (Å²) < 4.78 is 29.1. The second kappa shape index (κ2) is 8.03.